The molecule has 5 aromatic rings. The molecular formula is C28H23NO6S. The Morgan fingerprint density at radius 1 is 0.833 bits per heavy atom. The van der Waals surface area contributed by atoms with Crippen LogP contribution in [0.15, 0.2) is 106 Å². The third-order valence-corrected chi connectivity index (χ3v) is 7.33. The van der Waals surface area contributed by atoms with E-state index in [0.29, 0.717) is 34.5 Å². The van der Waals surface area contributed by atoms with Crippen LogP contribution in [0.4, 0.5) is 0 Å². The molecule has 0 saturated heterocycles. The quantitative estimate of drug-likeness (QED) is 0.290. The van der Waals surface area contributed by atoms with Gasteiger partial charge in [0.25, 0.3) is 0 Å². The minimum Gasteiger partial charge on any atom is -0.489 e. The number of carboxylic acids is 1. The number of ether oxygens (including phenoxy) is 1. The highest BCUT2D eigenvalue weighted by atomic mass is 32.2. The Labute approximate surface area is 208 Å². The maximum Gasteiger partial charge on any atom is 0.322 e. The van der Waals surface area contributed by atoms with Crippen LogP contribution in [-0.2, 0) is 27.8 Å². The predicted octanol–water partition coefficient (Wildman–Crippen LogP) is 5.14. The number of aliphatic carboxylic acids is 1. The first kappa shape index (κ1) is 23.6. The average Bonchev–Trinajstić information content (AvgIpc) is 3.26. The molecule has 0 aliphatic rings. The van der Waals surface area contributed by atoms with Crippen molar-refractivity contribution in [3.63, 3.8) is 0 Å². The molecule has 8 heteroatoms. The van der Waals surface area contributed by atoms with E-state index in [4.69, 9.17) is 9.15 Å². The summed E-state index contributed by atoms with van der Waals surface area (Å²) in [6.07, 6.45) is -0.0234. The van der Waals surface area contributed by atoms with Crippen LogP contribution in [0.5, 0.6) is 5.75 Å². The van der Waals surface area contributed by atoms with Crippen LogP contribution in [0.25, 0.3) is 21.9 Å². The van der Waals surface area contributed by atoms with Crippen molar-refractivity contribution in [2.75, 3.05) is 0 Å². The van der Waals surface area contributed by atoms with Gasteiger partial charge in [0.15, 0.2) is 0 Å². The molecule has 0 fully saturated rings. The van der Waals surface area contributed by atoms with E-state index in [2.05, 4.69) is 4.72 Å². The molecule has 1 heterocycles. The second-order valence-corrected chi connectivity index (χ2v) is 10.1. The van der Waals surface area contributed by atoms with E-state index in [9.17, 15) is 18.3 Å². The first-order valence-corrected chi connectivity index (χ1v) is 12.8. The summed E-state index contributed by atoms with van der Waals surface area (Å²) in [5.41, 5.74) is 2.89. The summed E-state index contributed by atoms with van der Waals surface area (Å²) in [6.45, 7) is 0.411. The van der Waals surface area contributed by atoms with Gasteiger partial charge < -0.3 is 14.3 Å². The van der Waals surface area contributed by atoms with Gasteiger partial charge in [-0.1, -0.05) is 60.7 Å². The maximum atomic E-state index is 13.1. The Hall–Kier alpha value is -4.14. The van der Waals surface area contributed by atoms with E-state index in [1.165, 1.54) is 12.1 Å². The van der Waals surface area contributed by atoms with Crippen LogP contribution in [0.3, 0.4) is 0 Å². The lowest BCUT2D eigenvalue weighted by Gasteiger charge is -2.15. The largest absolute Gasteiger partial charge is 0.489 e. The van der Waals surface area contributed by atoms with Crippen molar-refractivity contribution in [1.29, 1.82) is 0 Å². The Morgan fingerprint density at radius 3 is 2.28 bits per heavy atom. The number of benzene rings is 4. The van der Waals surface area contributed by atoms with Crippen molar-refractivity contribution in [3.05, 3.63) is 108 Å². The average molecular weight is 502 g/mol. The number of nitrogens with one attached hydrogen (secondary N) is 1. The zero-order chi connectivity index (χ0) is 25.1. The molecule has 0 amide bonds. The molecule has 1 atom stereocenters. The Kier molecular flexibility index (Phi) is 6.45. The van der Waals surface area contributed by atoms with Gasteiger partial charge in [-0.15, -0.1) is 0 Å². The Balaban J connectivity index is 1.30. The van der Waals surface area contributed by atoms with Crippen LogP contribution >= 0.6 is 0 Å². The normalized spacial score (nSPS) is 12.6. The van der Waals surface area contributed by atoms with E-state index in [1.54, 1.807) is 36.4 Å². The summed E-state index contributed by atoms with van der Waals surface area (Å²) < 4.78 is 40.0. The summed E-state index contributed by atoms with van der Waals surface area (Å²) in [5.74, 6) is -0.631. The van der Waals surface area contributed by atoms with Crippen molar-refractivity contribution in [1.82, 2.24) is 4.72 Å². The number of hydrogen-bond donors (Lipinski definition) is 2. The molecule has 0 spiro atoms. The van der Waals surface area contributed by atoms with Crippen molar-refractivity contribution in [2.24, 2.45) is 0 Å². The molecule has 7 nitrogen and oxygen atoms in total. The zero-order valence-electron chi connectivity index (χ0n) is 19.1. The highest BCUT2D eigenvalue weighted by Gasteiger charge is 2.26. The van der Waals surface area contributed by atoms with Crippen molar-refractivity contribution >= 4 is 37.9 Å². The van der Waals surface area contributed by atoms with Crippen molar-refractivity contribution < 1.29 is 27.5 Å². The molecule has 1 aromatic heterocycles. The van der Waals surface area contributed by atoms with Crippen LogP contribution < -0.4 is 9.46 Å². The fourth-order valence-corrected chi connectivity index (χ4v) is 5.22. The molecule has 182 valence electrons. The second-order valence-electron chi connectivity index (χ2n) is 8.39. The molecule has 0 radical (unpaired) electrons. The third-order valence-electron chi connectivity index (χ3n) is 5.87. The fourth-order valence-electron chi connectivity index (χ4n) is 4.01. The lowest BCUT2D eigenvalue weighted by atomic mass is 10.1. The molecular weight excluding hydrogens is 478 g/mol. The number of para-hydroxylation sites is 1. The monoisotopic (exact) mass is 501 g/mol. The number of carboxylic acid groups (broad SMARTS) is 1. The SMILES string of the molecule is O=C(O)C(Cc1ccc(OCc2ccccc2)cc1)NS(=O)(=O)c1ccc2oc3ccccc3c2c1. The lowest BCUT2D eigenvalue weighted by Crippen LogP contribution is -2.42. The van der Waals surface area contributed by atoms with Gasteiger partial charge >= 0.3 is 5.97 Å². The van der Waals surface area contributed by atoms with Gasteiger partial charge in [-0.05, 0) is 53.9 Å². The van der Waals surface area contributed by atoms with Gasteiger partial charge in [0.05, 0.1) is 4.90 Å². The van der Waals surface area contributed by atoms with Crippen LogP contribution in [0, 0.1) is 0 Å². The standard InChI is InChI=1S/C28H23NO6S/c30-28(31)25(16-19-10-12-21(13-11-19)34-18-20-6-2-1-3-7-20)29-36(32,33)22-14-15-27-24(17-22)23-8-4-5-9-26(23)35-27/h1-15,17,25,29H,16,18H2,(H,30,31). The predicted molar refractivity (Wildman–Crippen MR) is 136 cm³/mol. The minimum atomic E-state index is -4.11. The first-order valence-electron chi connectivity index (χ1n) is 11.3. The molecule has 0 saturated carbocycles. The molecule has 1 unspecified atom stereocenters. The molecule has 4 aromatic carbocycles. The molecule has 36 heavy (non-hydrogen) atoms. The number of sulfonamides is 1. The van der Waals surface area contributed by atoms with Crippen molar-refractivity contribution in [3.8, 4) is 5.75 Å². The highest BCUT2D eigenvalue weighted by molar-refractivity contribution is 7.89. The van der Waals surface area contributed by atoms with Gasteiger partial charge in [-0.25, -0.2) is 8.42 Å². The zero-order valence-corrected chi connectivity index (χ0v) is 19.9. The summed E-state index contributed by atoms with van der Waals surface area (Å²) >= 11 is 0. The van der Waals surface area contributed by atoms with E-state index in [0.717, 1.165) is 10.9 Å². The molecule has 0 aliphatic heterocycles. The summed E-state index contributed by atoms with van der Waals surface area (Å²) in [4.78, 5) is 11.9. The number of rotatable bonds is 9. The number of carbonyl (C=O) groups is 1. The molecule has 2 N–H and O–H groups in total. The van der Waals surface area contributed by atoms with Gasteiger partial charge in [-0.2, -0.15) is 4.72 Å². The van der Waals surface area contributed by atoms with E-state index in [-0.39, 0.29) is 11.3 Å². The van der Waals surface area contributed by atoms with Gasteiger partial charge in [-0.3, -0.25) is 4.79 Å². The number of hydrogen-bond acceptors (Lipinski definition) is 5. The lowest BCUT2D eigenvalue weighted by molar-refractivity contribution is -0.138. The van der Waals surface area contributed by atoms with Crippen LogP contribution in [0.2, 0.25) is 0 Å². The number of furan rings is 1. The van der Waals surface area contributed by atoms with Crippen LogP contribution in [-0.4, -0.2) is 25.5 Å². The molecule has 0 bridgehead atoms. The van der Waals surface area contributed by atoms with E-state index in [1.807, 2.05) is 48.5 Å². The molecule has 5 rings (SSSR count). The Morgan fingerprint density at radius 2 is 1.53 bits per heavy atom. The number of fused-ring (bicyclic) bond motifs is 3. The smallest absolute Gasteiger partial charge is 0.322 e. The van der Waals surface area contributed by atoms with Crippen molar-refractivity contribution in [2.45, 2.75) is 24.0 Å². The van der Waals surface area contributed by atoms with Crippen LogP contribution in [0.1, 0.15) is 11.1 Å². The van der Waals surface area contributed by atoms with E-state index < -0.39 is 22.0 Å². The summed E-state index contributed by atoms with van der Waals surface area (Å²) in [6, 6.07) is 27.1. The van der Waals surface area contributed by atoms with Gasteiger partial charge in [0, 0.05) is 10.8 Å². The Bertz CT molecular complexity index is 1630. The summed E-state index contributed by atoms with van der Waals surface area (Å²) in [5, 5.41) is 11.2. The first-order chi connectivity index (χ1) is 17.4. The highest BCUT2D eigenvalue weighted by Crippen LogP contribution is 2.30. The molecule has 0 aliphatic carbocycles. The minimum absolute atomic E-state index is 0.0234. The van der Waals surface area contributed by atoms with Gasteiger partial charge in [0.1, 0.15) is 29.6 Å². The van der Waals surface area contributed by atoms with E-state index >= 15 is 0 Å². The maximum absolute atomic E-state index is 13.1. The fraction of sp³-hybridized carbons (Fsp3) is 0.107. The topological polar surface area (TPSA) is 106 Å². The third kappa shape index (κ3) is 5.10. The second kappa shape index (κ2) is 9.85. The summed E-state index contributed by atoms with van der Waals surface area (Å²) in [7, 11) is -4.11. The van der Waals surface area contributed by atoms with Gasteiger partial charge in [0.2, 0.25) is 10.0 Å².